The van der Waals surface area contributed by atoms with Gasteiger partial charge in [-0.05, 0) is 70.8 Å². The van der Waals surface area contributed by atoms with Gasteiger partial charge in [0, 0.05) is 43.8 Å². The lowest BCUT2D eigenvalue weighted by atomic mass is 9.96. The normalized spacial score (nSPS) is 11.4. The van der Waals surface area contributed by atoms with Crippen LogP contribution in [0.2, 0.25) is 0 Å². The van der Waals surface area contributed by atoms with Crippen molar-refractivity contribution in [2.75, 3.05) is 0 Å². The van der Waals surface area contributed by atoms with E-state index in [0.29, 0.717) is 45.8 Å². The number of rotatable bonds is 9. The Morgan fingerprint density at radius 3 is 0.855 bits per heavy atom. The van der Waals surface area contributed by atoms with Crippen molar-refractivity contribution >= 4 is 43.6 Å². The lowest BCUT2D eigenvalue weighted by Crippen LogP contribution is -2.01. The Morgan fingerprint density at radius 2 is 0.487 bits per heavy atom. The number of hydrogen-bond donors (Lipinski definition) is 0. The molecule has 0 bridgehead atoms. The van der Waals surface area contributed by atoms with Gasteiger partial charge in [-0.2, -0.15) is 0 Å². The highest BCUT2D eigenvalue weighted by atomic mass is 14.9. The summed E-state index contributed by atoms with van der Waals surface area (Å²) in [5.41, 5.74) is 17.0. The highest BCUT2D eigenvalue weighted by Crippen LogP contribution is 2.41. The zero-order chi connectivity index (χ0) is 50.4. The topological polar surface area (TPSA) is 103 Å². The van der Waals surface area contributed by atoms with Gasteiger partial charge < -0.3 is 0 Å². The van der Waals surface area contributed by atoms with Crippen molar-refractivity contribution in [2.45, 2.75) is 0 Å². The van der Waals surface area contributed by atoms with Crippen LogP contribution in [0.1, 0.15) is 0 Å². The number of pyridine rings is 4. The molecule has 0 fully saturated rings. The van der Waals surface area contributed by atoms with Crippen molar-refractivity contribution in [1.29, 1.82) is 0 Å². The Morgan fingerprint density at radius 1 is 0.184 bits per heavy atom. The zero-order valence-electron chi connectivity index (χ0n) is 40.8. The molecule has 0 spiro atoms. The predicted molar refractivity (Wildman–Crippen MR) is 308 cm³/mol. The summed E-state index contributed by atoms with van der Waals surface area (Å²) in [6.07, 6.45) is 0. The van der Waals surface area contributed by atoms with Crippen LogP contribution in [0.25, 0.3) is 145 Å². The standard InChI is InChI=1S/C68H42N8/c1-7-21-43(22-8-1)53-41-59(45-25-11-3-12-26-45)71-63-49(53)37-39-51-61(73-67(75-65(51)63)47-29-15-5-16-30-47)57-35-19-33-55(69-57)56-34-20-36-58(70-56)62-52-40-38-50-54(44-23-9-2-10-24-44)42-60(46-27-13-4-14-28-46)72-64(50)66(52)76-68(74-62)48-31-17-6-18-32-48/h1-42H. The van der Waals surface area contributed by atoms with Crippen molar-refractivity contribution < 1.29 is 0 Å². The summed E-state index contributed by atoms with van der Waals surface area (Å²) >= 11 is 0. The summed E-state index contributed by atoms with van der Waals surface area (Å²) in [5.74, 6) is 1.16. The molecule has 354 valence electrons. The molecule has 0 aliphatic carbocycles. The van der Waals surface area contributed by atoms with Gasteiger partial charge in [-0.15, -0.1) is 0 Å². The van der Waals surface area contributed by atoms with Crippen LogP contribution < -0.4 is 0 Å². The molecule has 14 rings (SSSR count). The van der Waals surface area contributed by atoms with Crippen LogP contribution in [0.4, 0.5) is 0 Å². The average molecular weight is 971 g/mol. The maximum absolute atomic E-state index is 5.40. The van der Waals surface area contributed by atoms with Gasteiger partial charge in [0.15, 0.2) is 11.6 Å². The minimum Gasteiger partial charge on any atom is -0.245 e. The molecule has 6 heterocycles. The monoisotopic (exact) mass is 970 g/mol. The van der Waals surface area contributed by atoms with E-state index in [4.69, 9.17) is 39.9 Å². The maximum Gasteiger partial charge on any atom is 0.160 e. The molecule has 76 heavy (non-hydrogen) atoms. The van der Waals surface area contributed by atoms with Gasteiger partial charge in [0.1, 0.15) is 22.4 Å². The summed E-state index contributed by atoms with van der Waals surface area (Å²) in [5, 5.41) is 3.66. The second-order valence-electron chi connectivity index (χ2n) is 18.6. The van der Waals surface area contributed by atoms with Gasteiger partial charge in [0.05, 0.1) is 45.2 Å². The summed E-state index contributed by atoms with van der Waals surface area (Å²) in [6.45, 7) is 0. The van der Waals surface area contributed by atoms with E-state index >= 15 is 0 Å². The highest BCUT2D eigenvalue weighted by Gasteiger charge is 2.22. The highest BCUT2D eigenvalue weighted by molar-refractivity contribution is 6.14. The zero-order valence-corrected chi connectivity index (χ0v) is 40.8. The first-order valence-corrected chi connectivity index (χ1v) is 25.3. The SMILES string of the molecule is c1ccc(-c2cc(-c3ccccc3)c3ccc4c(-c5cccc(-c6cccc(-c7nc(-c8ccccc8)nc8c7ccc7c(-c9ccccc9)cc(-c9ccccc9)nc78)n6)n5)nc(-c5ccccc5)nc4c3n2)cc1. The molecule has 0 unspecified atom stereocenters. The quantitative estimate of drug-likeness (QED) is 0.132. The van der Waals surface area contributed by atoms with E-state index in [1.54, 1.807) is 0 Å². The van der Waals surface area contributed by atoms with Crippen LogP contribution in [0.15, 0.2) is 255 Å². The van der Waals surface area contributed by atoms with Crippen LogP contribution in [-0.2, 0) is 0 Å². The summed E-state index contributed by atoms with van der Waals surface area (Å²) in [4.78, 5) is 42.8. The molecule has 8 heteroatoms. The fraction of sp³-hybridized carbons (Fsp3) is 0. The van der Waals surface area contributed by atoms with Gasteiger partial charge in [-0.25, -0.2) is 39.9 Å². The van der Waals surface area contributed by atoms with Crippen LogP contribution in [0.3, 0.4) is 0 Å². The fourth-order valence-electron chi connectivity index (χ4n) is 10.2. The molecule has 0 aliphatic rings. The molecule has 8 aromatic carbocycles. The van der Waals surface area contributed by atoms with E-state index in [0.717, 1.165) is 99.5 Å². The third kappa shape index (κ3) is 8.07. The van der Waals surface area contributed by atoms with Crippen molar-refractivity contribution in [3.05, 3.63) is 255 Å². The van der Waals surface area contributed by atoms with Crippen molar-refractivity contribution in [3.8, 4) is 102 Å². The minimum absolute atomic E-state index is 0.578. The van der Waals surface area contributed by atoms with Gasteiger partial charge >= 0.3 is 0 Å². The molecular formula is C68H42N8. The minimum atomic E-state index is 0.578. The molecular weight excluding hydrogens is 929 g/mol. The van der Waals surface area contributed by atoms with E-state index in [1.807, 2.05) is 146 Å². The molecule has 0 saturated heterocycles. The van der Waals surface area contributed by atoms with Gasteiger partial charge in [0.25, 0.3) is 0 Å². The lowest BCUT2D eigenvalue weighted by molar-refractivity contribution is 1.18. The van der Waals surface area contributed by atoms with E-state index < -0.39 is 0 Å². The first kappa shape index (κ1) is 44.3. The molecule has 0 saturated carbocycles. The molecule has 0 atom stereocenters. The van der Waals surface area contributed by atoms with Crippen LogP contribution in [0.5, 0.6) is 0 Å². The van der Waals surface area contributed by atoms with Crippen LogP contribution in [-0.4, -0.2) is 39.9 Å². The molecule has 6 aromatic heterocycles. The van der Waals surface area contributed by atoms with Crippen LogP contribution >= 0.6 is 0 Å². The van der Waals surface area contributed by atoms with Crippen molar-refractivity contribution in [1.82, 2.24) is 39.9 Å². The summed E-state index contributed by atoms with van der Waals surface area (Å²) in [7, 11) is 0. The van der Waals surface area contributed by atoms with E-state index in [-0.39, 0.29) is 0 Å². The number of hydrogen-bond acceptors (Lipinski definition) is 8. The maximum atomic E-state index is 5.40. The van der Waals surface area contributed by atoms with Gasteiger partial charge in [0.2, 0.25) is 0 Å². The van der Waals surface area contributed by atoms with Crippen molar-refractivity contribution in [2.24, 2.45) is 0 Å². The van der Waals surface area contributed by atoms with Gasteiger partial charge in [-0.3, -0.25) is 0 Å². The van der Waals surface area contributed by atoms with E-state index in [2.05, 4.69) is 109 Å². The number of benzene rings is 8. The largest absolute Gasteiger partial charge is 0.245 e. The van der Waals surface area contributed by atoms with E-state index in [1.165, 1.54) is 0 Å². The second-order valence-corrected chi connectivity index (χ2v) is 18.6. The Balaban J connectivity index is 0.951. The number of aromatic nitrogens is 8. The Kier molecular flexibility index (Phi) is 11.0. The lowest BCUT2D eigenvalue weighted by Gasteiger charge is -2.15. The average Bonchev–Trinajstić information content (AvgIpc) is 3.61. The van der Waals surface area contributed by atoms with Crippen LogP contribution in [0, 0.1) is 0 Å². The smallest absolute Gasteiger partial charge is 0.160 e. The summed E-state index contributed by atoms with van der Waals surface area (Å²) in [6, 6.07) is 86.7. The van der Waals surface area contributed by atoms with Crippen molar-refractivity contribution in [3.63, 3.8) is 0 Å². The Hall–Kier alpha value is -10.4. The second kappa shape index (κ2) is 18.9. The summed E-state index contributed by atoms with van der Waals surface area (Å²) < 4.78 is 0. The first-order chi connectivity index (χ1) is 37.7. The Labute approximate surface area is 437 Å². The predicted octanol–water partition coefficient (Wildman–Crippen LogP) is 16.5. The number of fused-ring (bicyclic) bond motifs is 6. The Bertz CT molecular complexity index is 4190. The fourth-order valence-corrected chi connectivity index (χ4v) is 10.2. The first-order valence-electron chi connectivity index (χ1n) is 25.3. The molecule has 0 amide bonds. The van der Waals surface area contributed by atoms with Gasteiger partial charge in [-0.1, -0.05) is 206 Å². The third-order valence-corrected chi connectivity index (χ3v) is 13.9. The molecule has 0 radical (unpaired) electrons. The molecule has 14 aromatic rings. The van der Waals surface area contributed by atoms with E-state index in [9.17, 15) is 0 Å². The third-order valence-electron chi connectivity index (χ3n) is 13.9. The molecule has 0 N–H and O–H groups in total. The molecule has 8 nitrogen and oxygen atoms in total. The molecule has 0 aliphatic heterocycles. The number of nitrogens with zero attached hydrogens (tertiary/aromatic N) is 8.